The molecule has 0 aliphatic rings. The maximum absolute atomic E-state index is 12.3. The fourth-order valence-corrected chi connectivity index (χ4v) is 3.43. The molecule has 26 heavy (non-hydrogen) atoms. The van der Waals surface area contributed by atoms with Gasteiger partial charge in [-0.1, -0.05) is 30.3 Å². The highest BCUT2D eigenvalue weighted by Gasteiger charge is 2.23. The van der Waals surface area contributed by atoms with Crippen LogP contribution in [0.3, 0.4) is 0 Å². The van der Waals surface area contributed by atoms with Gasteiger partial charge in [0.1, 0.15) is 6.54 Å². The molecule has 0 atom stereocenters. The van der Waals surface area contributed by atoms with E-state index in [2.05, 4.69) is 38.1 Å². The normalized spacial score (nSPS) is 11.2. The van der Waals surface area contributed by atoms with Crippen molar-refractivity contribution in [3.05, 3.63) is 68.5 Å². The number of hydrogen-bond donors (Lipinski definition) is 0. The van der Waals surface area contributed by atoms with E-state index in [0.717, 1.165) is 42.8 Å². The smallest absolute Gasteiger partial charge is 0.330 e. The van der Waals surface area contributed by atoms with E-state index < -0.39 is 0 Å². The summed E-state index contributed by atoms with van der Waals surface area (Å²) in [6.45, 7) is 11.1. The molecule has 0 saturated carbocycles. The summed E-state index contributed by atoms with van der Waals surface area (Å²) in [5, 5.41) is 0. The molecule has 2 aromatic rings. The average molecular weight is 424 g/mol. The Kier molecular flexibility index (Phi) is 8.50. The lowest BCUT2D eigenvalue weighted by Crippen LogP contribution is -3.00. The third-order valence-corrected chi connectivity index (χ3v) is 5.32. The molecule has 0 saturated heterocycles. The van der Waals surface area contributed by atoms with Crippen molar-refractivity contribution in [1.82, 2.24) is 9.13 Å². The summed E-state index contributed by atoms with van der Waals surface area (Å²) in [4.78, 5) is 24.0. The number of halogens is 1. The van der Waals surface area contributed by atoms with E-state index in [1.54, 1.807) is 4.57 Å². The van der Waals surface area contributed by atoms with Crippen LogP contribution in [-0.4, -0.2) is 33.3 Å². The predicted molar refractivity (Wildman–Crippen MR) is 102 cm³/mol. The topological polar surface area (TPSA) is 44.0 Å². The largest absolute Gasteiger partial charge is 1.00 e. The summed E-state index contributed by atoms with van der Waals surface area (Å²) in [6, 6.07) is 12.1. The number of rotatable bonds is 8. The Hall–Kier alpha value is -1.66. The van der Waals surface area contributed by atoms with Gasteiger partial charge >= 0.3 is 5.69 Å². The van der Waals surface area contributed by atoms with Gasteiger partial charge in [0.05, 0.1) is 19.6 Å². The van der Waals surface area contributed by atoms with Crippen molar-refractivity contribution in [2.45, 2.75) is 40.3 Å². The van der Waals surface area contributed by atoms with Crippen LogP contribution < -0.4 is 28.2 Å². The summed E-state index contributed by atoms with van der Waals surface area (Å²) < 4.78 is 3.90. The van der Waals surface area contributed by atoms with Crippen LogP contribution in [0.25, 0.3) is 0 Å². The molecule has 5 nitrogen and oxygen atoms in total. The second-order valence-corrected chi connectivity index (χ2v) is 6.81. The maximum atomic E-state index is 12.3. The highest BCUT2D eigenvalue weighted by atomic mass is 79.9. The van der Waals surface area contributed by atoms with E-state index in [0.29, 0.717) is 6.54 Å². The molecule has 0 bridgehead atoms. The molecule has 144 valence electrons. The van der Waals surface area contributed by atoms with Crippen LogP contribution in [0.4, 0.5) is 0 Å². The summed E-state index contributed by atoms with van der Waals surface area (Å²) in [5.74, 6) is 0. The van der Waals surface area contributed by atoms with Crippen molar-refractivity contribution in [1.29, 1.82) is 0 Å². The van der Waals surface area contributed by atoms with Crippen molar-refractivity contribution in [3.63, 3.8) is 0 Å². The molecule has 0 fully saturated rings. The molecule has 0 amide bonds. The van der Waals surface area contributed by atoms with Gasteiger partial charge in [-0.15, -0.1) is 0 Å². The quantitative estimate of drug-likeness (QED) is 0.527. The predicted octanol–water partition coefficient (Wildman–Crippen LogP) is -0.694. The molecule has 0 aliphatic heterocycles. The molecule has 2 rings (SSSR count). The molecular formula is C20H30BrN3O2. The van der Waals surface area contributed by atoms with Crippen LogP contribution in [0.15, 0.2) is 46.0 Å². The Morgan fingerprint density at radius 2 is 1.65 bits per heavy atom. The molecule has 6 heteroatoms. The van der Waals surface area contributed by atoms with Crippen LogP contribution in [-0.2, 0) is 20.1 Å². The van der Waals surface area contributed by atoms with Gasteiger partial charge in [-0.05, 0) is 20.8 Å². The molecule has 1 aromatic heterocycles. The first-order chi connectivity index (χ1) is 11.9. The van der Waals surface area contributed by atoms with Crippen molar-refractivity contribution < 1.29 is 21.5 Å². The van der Waals surface area contributed by atoms with E-state index in [1.165, 1.54) is 23.2 Å². The Labute approximate surface area is 166 Å². The molecular weight excluding hydrogens is 394 g/mol. The van der Waals surface area contributed by atoms with Gasteiger partial charge in [0.2, 0.25) is 0 Å². The minimum Gasteiger partial charge on any atom is -1.00 e. The monoisotopic (exact) mass is 423 g/mol. The van der Waals surface area contributed by atoms with E-state index >= 15 is 0 Å². The standard InChI is InChI=1S/C20H30N3O2.BrH/c1-5-23(6-2,16-18-11-8-7-9-12-18)14-10-13-22-17(3)15-19(24)21(4)20(22)25;/h7-9,11-12,15H,5-6,10,13-14,16H2,1-4H3;1H/q+1;/p-1. The number of benzene rings is 1. The second kappa shape index (κ2) is 9.88. The Morgan fingerprint density at radius 1 is 1.04 bits per heavy atom. The number of nitrogens with zero attached hydrogens (tertiary/aromatic N) is 3. The summed E-state index contributed by atoms with van der Waals surface area (Å²) >= 11 is 0. The molecule has 1 aromatic carbocycles. The van der Waals surface area contributed by atoms with Crippen molar-refractivity contribution in [2.75, 3.05) is 19.6 Å². The highest BCUT2D eigenvalue weighted by molar-refractivity contribution is 5.13. The van der Waals surface area contributed by atoms with Crippen LogP contribution in [0, 0.1) is 6.92 Å². The highest BCUT2D eigenvalue weighted by Crippen LogP contribution is 2.15. The van der Waals surface area contributed by atoms with Gasteiger partial charge in [-0.25, -0.2) is 4.79 Å². The number of aromatic nitrogens is 2. The number of quaternary nitrogens is 1. The summed E-state index contributed by atoms with van der Waals surface area (Å²) in [6.07, 6.45) is 0.910. The molecule has 0 spiro atoms. The average Bonchev–Trinajstić information content (AvgIpc) is 2.62. The van der Waals surface area contributed by atoms with Crippen molar-refractivity contribution >= 4 is 0 Å². The lowest BCUT2D eigenvalue weighted by Gasteiger charge is -2.37. The first kappa shape index (κ1) is 22.4. The third-order valence-electron chi connectivity index (χ3n) is 5.32. The lowest BCUT2D eigenvalue weighted by molar-refractivity contribution is -0.938. The first-order valence-corrected chi connectivity index (χ1v) is 9.09. The fourth-order valence-electron chi connectivity index (χ4n) is 3.43. The van der Waals surface area contributed by atoms with Gasteiger partial charge < -0.3 is 21.5 Å². The molecule has 1 heterocycles. The van der Waals surface area contributed by atoms with Gasteiger partial charge in [0.15, 0.2) is 0 Å². The zero-order valence-electron chi connectivity index (χ0n) is 16.2. The molecule has 0 unspecified atom stereocenters. The summed E-state index contributed by atoms with van der Waals surface area (Å²) in [5.41, 5.74) is 1.62. The van der Waals surface area contributed by atoms with Crippen LogP contribution >= 0.6 is 0 Å². The first-order valence-electron chi connectivity index (χ1n) is 9.09. The van der Waals surface area contributed by atoms with Gasteiger partial charge in [-0.2, -0.15) is 0 Å². The van der Waals surface area contributed by atoms with E-state index in [1.807, 2.05) is 13.0 Å². The molecule has 0 N–H and O–H groups in total. The fraction of sp³-hybridized carbons (Fsp3) is 0.500. The lowest BCUT2D eigenvalue weighted by atomic mass is 10.1. The van der Waals surface area contributed by atoms with Crippen LogP contribution in [0.2, 0.25) is 0 Å². The van der Waals surface area contributed by atoms with Crippen LogP contribution in [0.1, 0.15) is 31.5 Å². The maximum Gasteiger partial charge on any atom is 0.330 e. The number of aryl methyl sites for hydroxylation is 1. The minimum absolute atomic E-state index is 0. The van der Waals surface area contributed by atoms with Crippen molar-refractivity contribution in [3.8, 4) is 0 Å². The SMILES string of the molecule is CC[N+](CC)(CCCn1c(C)cc(=O)n(C)c1=O)Cc1ccccc1.[Br-]. The Bertz CT molecular complexity index is 808. The third kappa shape index (κ3) is 5.17. The molecule has 0 aliphatic carbocycles. The van der Waals surface area contributed by atoms with Gasteiger partial charge in [0.25, 0.3) is 5.56 Å². The second-order valence-electron chi connectivity index (χ2n) is 6.81. The minimum atomic E-state index is -0.241. The van der Waals surface area contributed by atoms with E-state index in [9.17, 15) is 9.59 Å². The van der Waals surface area contributed by atoms with Gasteiger partial charge in [0, 0.05) is 37.3 Å². The van der Waals surface area contributed by atoms with Crippen molar-refractivity contribution in [2.24, 2.45) is 7.05 Å². The van der Waals surface area contributed by atoms with E-state index in [4.69, 9.17) is 0 Å². The van der Waals surface area contributed by atoms with Crippen LogP contribution in [0.5, 0.6) is 0 Å². The zero-order chi connectivity index (χ0) is 18.4. The number of hydrogen-bond acceptors (Lipinski definition) is 2. The molecule has 0 radical (unpaired) electrons. The Morgan fingerprint density at radius 3 is 2.23 bits per heavy atom. The zero-order valence-corrected chi connectivity index (χ0v) is 17.8. The summed E-state index contributed by atoms with van der Waals surface area (Å²) in [7, 11) is 1.54. The van der Waals surface area contributed by atoms with Gasteiger partial charge in [-0.3, -0.25) is 13.9 Å². The Balaban J connectivity index is 0.00000338. The van der Waals surface area contributed by atoms with E-state index in [-0.39, 0.29) is 28.2 Å².